The molecular formula is C19H20BrF3N4. The number of rotatable bonds is 5. The molecule has 2 saturated carbocycles. The minimum Gasteiger partial charge on any atom is -0.351 e. The molecule has 2 aliphatic carbocycles. The summed E-state index contributed by atoms with van der Waals surface area (Å²) < 4.78 is 38.9. The number of anilines is 3. The normalized spacial score (nSPS) is 17.9. The number of alkyl halides is 3. The van der Waals surface area contributed by atoms with Crippen molar-refractivity contribution in [2.75, 3.05) is 10.6 Å². The third-order valence-electron chi connectivity index (χ3n) is 4.99. The van der Waals surface area contributed by atoms with Gasteiger partial charge in [0.15, 0.2) is 0 Å². The summed E-state index contributed by atoms with van der Waals surface area (Å²) in [6.45, 7) is 0. The zero-order chi connectivity index (χ0) is 19.0. The molecule has 4 rings (SSSR count). The highest BCUT2D eigenvalue weighted by molar-refractivity contribution is 9.10. The van der Waals surface area contributed by atoms with Crippen LogP contribution in [0.15, 0.2) is 28.7 Å². The summed E-state index contributed by atoms with van der Waals surface area (Å²) in [6, 6.07) is 5.83. The van der Waals surface area contributed by atoms with Gasteiger partial charge in [-0.1, -0.05) is 12.8 Å². The topological polar surface area (TPSA) is 49.8 Å². The average molecular weight is 441 g/mol. The Morgan fingerprint density at radius 3 is 2.37 bits per heavy atom. The van der Waals surface area contributed by atoms with Crippen molar-refractivity contribution < 1.29 is 13.2 Å². The Hall–Kier alpha value is -1.83. The highest BCUT2D eigenvalue weighted by Crippen LogP contribution is 2.41. The van der Waals surface area contributed by atoms with Crippen LogP contribution < -0.4 is 10.6 Å². The average Bonchev–Trinajstić information content (AvgIpc) is 3.34. The molecule has 144 valence electrons. The van der Waals surface area contributed by atoms with Crippen molar-refractivity contribution in [1.29, 1.82) is 0 Å². The maximum atomic E-state index is 12.9. The molecule has 0 bridgehead atoms. The zero-order valence-corrected chi connectivity index (χ0v) is 16.2. The van der Waals surface area contributed by atoms with Gasteiger partial charge in [0, 0.05) is 22.5 Å². The van der Waals surface area contributed by atoms with E-state index in [1.54, 1.807) is 0 Å². The van der Waals surface area contributed by atoms with Crippen LogP contribution in [0.5, 0.6) is 0 Å². The molecule has 2 aliphatic rings. The van der Waals surface area contributed by atoms with Crippen molar-refractivity contribution in [1.82, 2.24) is 9.97 Å². The first kappa shape index (κ1) is 18.5. The first-order valence-electron chi connectivity index (χ1n) is 9.18. The Morgan fingerprint density at radius 2 is 1.74 bits per heavy atom. The quantitative estimate of drug-likeness (QED) is 0.578. The number of nitrogens with zero attached hydrogens (tertiary/aromatic N) is 2. The molecule has 0 unspecified atom stereocenters. The Bertz CT molecular complexity index is 830. The van der Waals surface area contributed by atoms with Crippen molar-refractivity contribution >= 4 is 33.4 Å². The van der Waals surface area contributed by atoms with E-state index in [1.807, 2.05) is 6.07 Å². The van der Waals surface area contributed by atoms with Crippen LogP contribution in [0.4, 0.5) is 30.6 Å². The van der Waals surface area contributed by atoms with Gasteiger partial charge in [-0.25, -0.2) is 4.98 Å². The van der Waals surface area contributed by atoms with Crippen molar-refractivity contribution in [3.63, 3.8) is 0 Å². The molecule has 1 aromatic carbocycles. The van der Waals surface area contributed by atoms with E-state index in [0.29, 0.717) is 33.9 Å². The van der Waals surface area contributed by atoms with E-state index < -0.39 is 11.7 Å². The van der Waals surface area contributed by atoms with Gasteiger partial charge in [0.2, 0.25) is 5.95 Å². The molecule has 4 nitrogen and oxygen atoms in total. The zero-order valence-electron chi connectivity index (χ0n) is 14.6. The minimum atomic E-state index is -4.37. The van der Waals surface area contributed by atoms with Crippen LogP contribution in [-0.2, 0) is 6.18 Å². The maximum absolute atomic E-state index is 12.9. The van der Waals surface area contributed by atoms with Gasteiger partial charge in [-0.05, 0) is 59.8 Å². The van der Waals surface area contributed by atoms with Gasteiger partial charge in [0.1, 0.15) is 5.82 Å². The monoisotopic (exact) mass is 440 g/mol. The standard InChI is InChI=1S/C19H20BrF3N4/c20-14-9-12(19(21,22)23)7-8-15(14)25-17-10-16(11-5-6-11)26-18(27-17)24-13-3-1-2-4-13/h7-11,13H,1-6H2,(H2,24,25,26,27). The smallest absolute Gasteiger partial charge is 0.351 e. The third kappa shape index (κ3) is 4.54. The third-order valence-corrected chi connectivity index (χ3v) is 5.65. The second-order valence-electron chi connectivity index (χ2n) is 7.22. The van der Waals surface area contributed by atoms with Crippen molar-refractivity contribution in [2.24, 2.45) is 0 Å². The van der Waals surface area contributed by atoms with Gasteiger partial charge >= 0.3 is 6.18 Å². The van der Waals surface area contributed by atoms with Gasteiger partial charge < -0.3 is 10.6 Å². The van der Waals surface area contributed by atoms with E-state index >= 15 is 0 Å². The van der Waals surface area contributed by atoms with Crippen molar-refractivity contribution in [2.45, 2.75) is 56.7 Å². The van der Waals surface area contributed by atoms with Gasteiger partial charge in [-0.2, -0.15) is 18.2 Å². The SMILES string of the molecule is FC(F)(F)c1ccc(Nc2cc(C3CC3)nc(NC3CCCC3)n2)c(Br)c1. The molecule has 0 atom stereocenters. The van der Waals surface area contributed by atoms with Crippen LogP contribution in [-0.4, -0.2) is 16.0 Å². The van der Waals surface area contributed by atoms with E-state index in [4.69, 9.17) is 0 Å². The highest BCUT2D eigenvalue weighted by atomic mass is 79.9. The molecule has 0 radical (unpaired) electrons. The predicted octanol–water partition coefficient (Wildman–Crippen LogP) is 6.23. The molecular weight excluding hydrogens is 421 g/mol. The first-order valence-corrected chi connectivity index (χ1v) is 9.97. The van der Waals surface area contributed by atoms with E-state index in [2.05, 4.69) is 36.5 Å². The lowest BCUT2D eigenvalue weighted by Crippen LogP contribution is -2.17. The summed E-state index contributed by atoms with van der Waals surface area (Å²) in [5.41, 5.74) is 0.830. The van der Waals surface area contributed by atoms with Crippen LogP contribution in [0.1, 0.15) is 55.7 Å². The highest BCUT2D eigenvalue weighted by Gasteiger charge is 2.31. The van der Waals surface area contributed by atoms with E-state index in [1.165, 1.54) is 18.9 Å². The van der Waals surface area contributed by atoms with Gasteiger partial charge in [0.25, 0.3) is 0 Å². The number of hydrogen-bond acceptors (Lipinski definition) is 4. The minimum absolute atomic E-state index is 0.342. The number of aromatic nitrogens is 2. The lowest BCUT2D eigenvalue weighted by atomic mass is 10.2. The van der Waals surface area contributed by atoms with Gasteiger partial charge in [-0.3, -0.25) is 0 Å². The molecule has 2 fully saturated rings. The number of nitrogens with one attached hydrogen (secondary N) is 2. The summed E-state index contributed by atoms with van der Waals surface area (Å²) >= 11 is 3.22. The predicted molar refractivity (Wildman–Crippen MR) is 102 cm³/mol. The van der Waals surface area contributed by atoms with Crippen LogP contribution in [0, 0.1) is 0 Å². The Morgan fingerprint density at radius 1 is 1.00 bits per heavy atom. The van der Waals surface area contributed by atoms with Crippen LogP contribution >= 0.6 is 15.9 Å². The molecule has 0 amide bonds. The Balaban J connectivity index is 1.58. The molecule has 0 spiro atoms. The molecule has 1 heterocycles. The number of benzene rings is 1. The first-order chi connectivity index (χ1) is 12.9. The number of hydrogen-bond donors (Lipinski definition) is 2. The molecule has 1 aromatic heterocycles. The fraction of sp³-hybridized carbons (Fsp3) is 0.474. The molecule has 0 aliphatic heterocycles. The Labute approximate surface area is 164 Å². The van der Waals surface area contributed by atoms with E-state index in [-0.39, 0.29) is 0 Å². The van der Waals surface area contributed by atoms with Crippen LogP contribution in [0.2, 0.25) is 0 Å². The molecule has 0 saturated heterocycles. The summed E-state index contributed by atoms with van der Waals surface area (Å²) in [7, 11) is 0. The second-order valence-corrected chi connectivity index (χ2v) is 8.07. The largest absolute Gasteiger partial charge is 0.416 e. The lowest BCUT2D eigenvalue weighted by molar-refractivity contribution is -0.137. The molecule has 27 heavy (non-hydrogen) atoms. The van der Waals surface area contributed by atoms with Crippen molar-refractivity contribution in [3.8, 4) is 0 Å². The van der Waals surface area contributed by atoms with Gasteiger partial charge in [0.05, 0.1) is 16.9 Å². The Kier molecular flexibility index (Phi) is 5.01. The van der Waals surface area contributed by atoms with Gasteiger partial charge in [-0.15, -0.1) is 0 Å². The van der Waals surface area contributed by atoms with Crippen LogP contribution in [0.3, 0.4) is 0 Å². The number of halogens is 4. The molecule has 2 aromatic rings. The van der Waals surface area contributed by atoms with Crippen LogP contribution in [0.25, 0.3) is 0 Å². The molecule has 2 N–H and O–H groups in total. The summed E-state index contributed by atoms with van der Waals surface area (Å²) in [6.07, 6.45) is 2.52. The summed E-state index contributed by atoms with van der Waals surface area (Å²) in [4.78, 5) is 9.18. The maximum Gasteiger partial charge on any atom is 0.416 e. The van der Waals surface area contributed by atoms with E-state index in [0.717, 1.165) is 43.5 Å². The van der Waals surface area contributed by atoms with Crippen molar-refractivity contribution in [3.05, 3.63) is 40.0 Å². The molecule has 8 heteroatoms. The fourth-order valence-electron chi connectivity index (χ4n) is 3.37. The van der Waals surface area contributed by atoms with E-state index in [9.17, 15) is 13.2 Å². The summed E-state index contributed by atoms with van der Waals surface area (Å²) in [5.74, 6) is 1.64. The summed E-state index contributed by atoms with van der Waals surface area (Å²) in [5, 5.41) is 6.54. The fourth-order valence-corrected chi connectivity index (χ4v) is 3.84. The second kappa shape index (κ2) is 7.30. The lowest BCUT2D eigenvalue weighted by Gasteiger charge is -2.16.